The molecule has 0 bridgehead atoms. The van der Waals surface area contributed by atoms with Crippen LogP contribution >= 0.6 is 0 Å². The molecule has 9 heteroatoms. The molecule has 2 atom stereocenters. The Kier molecular flexibility index (Phi) is 9.53. The van der Waals surface area contributed by atoms with Crippen LogP contribution in [-0.4, -0.2) is 45.7 Å². The topological polar surface area (TPSA) is 70.8 Å². The maximum absolute atomic E-state index is 14.4. The zero-order valence-corrected chi connectivity index (χ0v) is 21.7. The normalized spacial score (nSPS) is 13.7. The molecule has 0 aliphatic carbocycles. The molecule has 3 aromatic rings. The van der Waals surface area contributed by atoms with Gasteiger partial charge in [0.1, 0.15) is 23.7 Å². The fourth-order valence-corrected chi connectivity index (χ4v) is 6.36. The van der Waals surface area contributed by atoms with E-state index in [1.807, 2.05) is 33.4 Å². The molecule has 0 spiro atoms. The van der Waals surface area contributed by atoms with Crippen molar-refractivity contribution in [2.75, 3.05) is 19.8 Å². The molecule has 6 nitrogen and oxygen atoms in total. The number of nitrogens with zero attached hydrogens (tertiary/aromatic N) is 1. The second-order valence-corrected chi connectivity index (χ2v) is 11.9. The molecule has 1 aromatic carbocycles. The number of benzene rings is 1. The quantitative estimate of drug-likeness (QED) is 0.205. The number of aromatic nitrogens is 1. The highest BCUT2D eigenvalue weighted by Crippen LogP contribution is 2.26. The van der Waals surface area contributed by atoms with Gasteiger partial charge in [0.25, 0.3) is 0 Å². The largest absolute Gasteiger partial charge is 0.493 e. The molecule has 0 aliphatic rings. The summed E-state index contributed by atoms with van der Waals surface area (Å²) in [5.74, 6) is 0.418. The molecule has 0 aliphatic heterocycles. The summed E-state index contributed by atoms with van der Waals surface area (Å²) in [5.41, 5.74) is 1.93. The van der Waals surface area contributed by atoms with E-state index in [-0.39, 0.29) is 19.4 Å². The predicted octanol–water partition coefficient (Wildman–Crippen LogP) is 6.14. The molecule has 35 heavy (non-hydrogen) atoms. The molecule has 2 aromatic heterocycles. The van der Waals surface area contributed by atoms with E-state index in [1.165, 1.54) is 0 Å². The number of ether oxygens (including phenoxy) is 1. The molecular formula is C26H33F2NO5Si. The Labute approximate surface area is 205 Å². The summed E-state index contributed by atoms with van der Waals surface area (Å²) in [6.45, 7) is 8.48. The Morgan fingerprint density at radius 2 is 1.74 bits per heavy atom. The Hall–Kier alpha value is -2.62. The summed E-state index contributed by atoms with van der Waals surface area (Å²) in [7, 11) is -2.48. The van der Waals surface area contributed by atoms with Gasteiger partial charge in [0.2, 0.25) is 0 Å². The van der Waals surface area contributed by atoms with E-state index in [9.17, 15) is 13.6 Å². The van der Waals surface area contributed by atoms with E-state index in [2.05, 4.69) is 4.98 Å². The minimum absolute atomic E-state index is 0.00406. The third-order valence-electron chi connectivity index (χ3n) is 5.87. The molecular weight excluding hydrogens is 472 g/mol. The van der Waals surface area contributed by atoms with Crippen molar-refractivity contribution in [1.82, 2.24) is 4.98 Å². The van der Waals surface area contributed by atoms with Crippen LogP contribution in [0.4, 0.5) is 8.78 Å². The van der Waals surface area contributed by atoms with Gasteiger partial charge in [-0.3, -0.25) is 4.98 Å². The lowest BCUT2D eigenvalue weighted by molar-refractivity contribution is 0.127. The van der Waals surface area contributed by atoms with Crippen LogP contribution in [0.15, 0.2) is 51.9 Å². The average Bonchev–Trinajstić information content (AvgIpc) is 2.83. The number of hydrogen-bond acceptors (Lipinski definition) is 6. The van der Waals surface area contributed by atoms with Crippen molar-refractivity contribution in [2.45, 2.75) is 58.5 Å². The zero-order valence-electron chi connectivity index (χ0n) is 20.7. The number of alkyl halides is 2. The fourth-order valence-electron chi connectivity index (χ4n) is 3.96. The number of halogens is 2. The van der Waals surface area contributed by atoms with Crippen LogP contribution in [0, 0.1) is 6.92 Å². The Morgan fingerprint density at radius 1 is 1.03 bits per heavy atom. The minimum Gasteiger partial charge on any atom is -0.493 e. The first-order valence-electron chi connectivity index (χ1n) is 11.9. The Bertz CT molecular complexity index is 1170. The molecule has 190 valence electrons. The average molecular weight is 506 g/mol. The first kappa shape index (κ1) is 27.0. The van der Waals surface area contributed by atoms with Gasteiger partial charge in [0.05, 0.1) is 12.2 Å². The number of rotatable bonds is 13. The molecule has 3 rings (SSSR count). The van der Waals surface area contributed by atoms with Crippen molar-refractivity contribution in [2.24, 2.45) is 0 Å². The van der Waals surface area contributed by atoms with Gasteiger partial charge in [-0.25, -0.2) is 13.6 Å². The summed E-state index contributed by atoms with van der Waals surface area (Å²) < 4.78 is 51.3. The van der Waals surface area contributed by atoms with Crippen LogP contribution in [-0.2, 0) is 8.85 Å². The van der Waals surface area contributed by atoms with Crippen LogP contribution in [0.2, 0.25) is 12.6 Å². The standard InChI is InChI=1S/C26H33F2NO5Si/c1-5-32-35(4,33-6-2)14-11-24(28)23(27)10-13-31-20-8-7-19-15-21(26(30)34-25(19)16-20)22-17-29-12-9-18(22)3/h7-9,12,15-17,23-24H,5-6,10-11,13-14H2,1-4H3. The summed E-state index contributed by atoms with van der Waals surface area (Å²) >= 11 is 0. The second kappa shape index (κ2) is 12.4. The van der Waals surface area contributed by atoms with Gasteiger partial charge in [-0.05, 0) is 69.6 Å². The third kappa shape index (κ3) is 7.19. The van der Waals surface area contributed by atoms with Crippen LogP contribution in [0.3, 0.4) is 0 Å². The third-order valence-corrected chi connectivity index (χ3v) is 8.86. The second-order valence-electron chi connectivity index (χ2n) is 8.55. The monoisotopic (exact) mass is 505 g/mol. The molecule has 2 heterocycles. The van der Waals surface area contributed by atoms with Crippen LogP contribution in [0.25, 0.3) is 22.1 Å². The van der Waals surface area contributed by atoms with E-state index in [0.29, 0.717) is 41.7 Å². The first-order chi connectivity index (χ1) is 16.8. The molecule has 0 radical (unpaired) electrons. The van der Waals surface area contributed by atoms with Crippen LogP contribution in [0.1, 0.15) is 32.3 Å². The van der Waals surface area contributed by atoms with Crippen molar-refractivity contribution >= 4 is 19.5 Å². The van der Waals surface area contributed by atoms with E-state index in [1.54, 1.807) is 36.7 Å². The summed E-state index contributed by atoms with van der Waals surface area (Å²) in [4.78, 5) is 16.6. The molecule has 0 saturated carbocycles. The molecule has 0 amide bonds. The van der Waals surface area contributed by atoms with E-state index < -0.39 is 26.5 Å². The smallest absolute Gasteiger partial charge is 0.344 e. The van der Waals surface area contributed by atoms with E-state index in [4.69, 9.17) is 18.0 Å². The van der Waals surface area contributed by atoms with Gasteiger partial charge in [-0.15, -0.1) is 0 Å². The highest BCUT2D eigenvalue weighted by Gasteiger charge is 2.33. The van der Waals surface area contributed by atoms with Gasteiger partial charge in [-0.2, -0.15) is 0 Å². The van der Waals surface area contributed by atoms with Crippen molar-refractivity contribution in [3.8, 4) is 16.9 Å². The molecule has 0 saturated heterocycles. The molecule has 0 fully saturated rings. The maximum atomic E-state index is 14.4. The summed E-state index contributed by atoms with van der Waals surface area (Å²) in [5, 5.41) is 0.721. The fraction of sp³-hybridized carbons (Fsp3) is 0.462. The Morgan fingerprint density at radius 3 is 2.43 bits per heavy atom. The lowest BCUT2D eigenvalue weighted by Crippen LogP contribution is -2.39. The summed E-state index contributed by atoms with van der Waals surface area (Å²) in [6, 6.07) is 9.03. The van der Waals surface area contributed by atoms with Crippen molar-refractivity contribution in [3.63, 3.8) is 0 Å². The van der Waals surface area contributed by atoms with Crippen LogP contribution in [0.5, 0.6) is 5.75 Å². The lowest BCUT2D eigenvalue weighted by atomic mass is 10.0. The van der Waals surface area contributed by atoms with Crippen LogP contribution < -0.4 is 10.4 Å². The maximum Gasteiger partial charge on any atom is 0.344 e. The van der Waals surface area contributed by atoms with Gasteiger partial charge >= 0.3 is 14.2 Å². The SMILES string of the molecule is CCO[Si](C)(CCC(F)C(F)CCOc1ccc2cc(-c3cnccc3C)c(=O)oc2c1)OCC. The van der Waals surface area contributed by atoms with Gasteiger partial charge in [0.15, 0.2) is 0 Å². The number of hydrogen-bond donors (Lipinski definition) is 0. The van der Waals surface area contributed by atoms with E-state index >= 15 is 0 Å². The van der Waals surface area contributed by atoms with Gasteiger partial charge < -0.3 is 18.0 Å². The molecule has 2 unspecified atom stereocenters. The van der Waals surface area contributed by atoms with Gasteiger partial charge in [-0.1, -0.05) is 0 Å². The van der Waals surface area contributed by atoms with Crippen molar-refractivity contribution in [3.05, 3.63) is 58.7 Å². The van der Waals surface area contributed by atoms with Gasteiger partial charge in [0, 0.05) is 49.0 Å². The summed E-state index contributed by atoms with van der Waals surface area (Å²) in [6.07, 6.45) is -0.0190. The highest BCUT2D eigenvalue weighted by molar-refractivity contribution is 6.66. The first-order valence-corrected chi connectivity index (χ1v) is 14.5. The zero-order chi connectivity index (χ0) is 25.4. The lowest BCUT2D eigenvalue weighted by Gasteiger charge is -2.27. The van der Waals surface area contributed by atoms with Crippen molar-refractivity contribution in [1.29, 1.82) is 0 Å². The highest BCUT2D eigenvalue weighted by atomic mass is 28.4. The minimum atomic E-state index is -2.48. The number of fused-ring (bicyclic) bond motifs is 1. The number of pyridine rings is 1. The molecule has 0 N–H and O–H groups in total. The number of aryl methyl sites for hydroxylation is 1. The Balaban J connectivity index is 1.58. The predicted molar refractivity (Wildman–Crippen MR) is 135 cm³/mol. The van der Waals surface area contributed by atoms with E-state index in [0.717, 1.165) is 10.9 Å². The van der Waals surface area contributed by atoms with Crippen molar-refractivity contribution < 1.29 is 26.8 Å².